The maximum absolute atomic E-state index is 12.8. The molecule has 0 amide bonds. The average Bonchev–Trinajstić information content (AvgIpc) is 2.23. The molecule has 0 N–H and O–H groups in total. The first-order chi connectivity index (χ1) is 9.21. The number of rotatable bonds is 6. The summed E-state index contributed by atoms with van der Waals surface area (Å²) < 4.78 is 166. The third-order valence-corrected chi connectivity index (χ3v) is 3.14. The first kappa shape index (κ1) is 26.0. The van der Waals surface area contributed by atoms with E-state index >= 15 is 0 Å². The Kier molecular flexibility index (Phi) is 8.12. The second kappa shape index (κ2) is 7.18. The van der Waals surface area contributed by atoms with Crippen LogP contribution in [0.1, 0.15) is 12.8 Å². The molecule has 0 aromatic rings. The summed E-state index contributed by atoms with van der Waals surface area (Å²) in [6.07, 6.45) is -11.3. The Morgan fingerprint density at radius 1 is 0.696 bits per heavy atom. The smallest absolute Gasteiger partial charge is 0.743 e. The minimum absolute atomic E-state index is 0. The standard InChI is InChI=1S/C7H5F11O3S.K/c8-3(9,1-2-4(10,11)12)5(13,14)6(15,16)7(17,18)22(19,20)21;/h1-2H2,(H,19,20,21);/q;+1/p-1. The fraction of sp³-hybridized carbons (Fsp3) is 1.00. The van der Waals surface area contributed by atoms with Crippen LogP contribution in [0.4, 0.5) is 48.3 Å². The molecule has 0 saturated heterocycles. The Bertz CT molecular complexity index is 512. The Morgan fingerprint density at radius 3 is 1.30 bits per heavy atom. The van der Waals surface area contributed by atoms with E-state index in [2.05, 4.69) is 0 Å². The Labute approximate surface area is 163 Å². The molecule has 3 nitrogen and oxygen atoms in total. The zero-order chi connectivity index (χ0) is 18.4. The van der Waals surface area contributed by atoms with Crippen molar-refractivity contribution in [3.05, 3.63) is 0 Å². The summed E-state index contributed by atoms with van der Waals surface area (Å²) in [5.41, 5.74) is 0. The second-order valence-corrected chi connectivity index (χ2v) is 5.36. The van der Waals surface area contributed by atoms with E-state index in [1.165, 1.54) is 0 Å². The van der Waals surface area contributed by atoms with Crippen LogP contribution in [0.5, 0.6) is 0 Å². The second-order valence-electron chi connectivity index (χ2n) is 3.94. The third-order valence-electron chi connectivity index (χ3n) is 2.26. The molecule has 0 aromatic heterocycles. The summed E-state index contributed by atoms with van der Waals surface area (Å²) in [6, 6.07) is 0. The maximum atomic E-state index is 12.8. The van der Waals surface area contributed by atoms with Gasteiger partial charge in [0.2, 0.25) is 0 Å². The van der Waals surface area contributed by atoms with E-state index in [0.29, 0.717) is 0 Å². The summed E-state index contributed by atoms with van der Waals surface area (Å²) in [5, 5.41) is -7.18. The number of halogens is 11. The van der Waals surface area contributed by atoms with Crippen LogP contribution in [0.2, 0.25) is 0 Å². The van der Waals surface area contributed by atoms with Gasteiger partial charge in [-0.2, -0.15) is 48.3 Å². The Morgan fingerprint density at radius 2 is 1.04 bits per heavy atom. The summed E-state index contributed by atoms with van der Waals surface area (Å²) in [4.78, 5) is 0. The van der Waals surface area contributed by atoms with Crippen LogP contribution >= 0.6 is 0 Å². The average molecular weight is 416 g/mol. The van der Waals surface area contributed by atoms with Crippen molar-refractivity contribution in [3.63, 3.8) is 0 Å². The molecule has 0 aliphatic heterocycles. The van der Waals surface area contributed by atoms with Crippen molar-refractivity contribution in [1.82, 2.24) is 0 Å². The van der Waals surface area contributed by atoms with Crippen LogP contribution in [-0.4, -0.2) is 42.2 Å². The zero-order valence-corrected chi connectivity index (χ0v) is 14.6. The molecule has 0 aromatic carbocycles. The molecule has 0 atom stereocenters. The summed E-state index contributed by atoms with van der Waals surface area (Å²) >= 11 is 0. The van der Waals surface area contributed by atoms with Crippen molar-refractivity contribution in [3.8, 4) is 0 Å². The van der Waals surface area contributed by atoms with Gasteiger partial charge in [-0.3, -0.25) is 0 Å². The van der Waals surface area contributed by atoms with E-state index in [9.17, 15) is 61.3 Å². The van der Waals surface area contributed by atoms with Gasteiger partial charge in [-0.1, -0.05) is 0 Å². The summed E-state index contributed by atoms with van der Waals surface area (Å²) in [5.74, 6) is -21.1. The van der Waals surface area contributed by atoms with Crippen LogP contribution in [0.3, 0.4) is 0 Å². The first-order valence-corrected chi connectivity index (χ1v) is 6.15. The molecule has 0 aliphatic carbocycles. The van der Waals surface area contributed by atoms with Crippen molar-refractivity contribution in [2.45, 2.75) is 42.0 Å². The Hall–Kier alpha value is 0.776. The molecular weight excluding hydrogens is 412 g/mol. The molecule has 0 rings (SSSR count). The zero-order valence-electron chi connectivity index (χ0n) is 10.7. The minimum Gasteiger partial charge on any atom is -0.743 e. The SMILES string of the molecule is O=S(=O)([O-])C(F)(F)C(F)(F)C(F)(F)C(F)(F)CCC(F)(F)F.[K+]. The molecule has 0 fully saturated rings. The molecule has 23 heavy (non-hydrogen) atoms. The van der Waals surface area contributed by atoms with Crippen LogP contribution in [0, 0.1) is 0 Å². The fourth-order valence-electron chi connectivity index (χ4n) is 1.03. The fourth-order valence-corrected chi connectivity index (χ4v) is 1.47. The van der Waals surface area contributed by atoms with Gasteiger partial charge >= 0.3 is 80.6 Å². The van der Waals surface area contributed by atoms with E-state index in [0.717, 1.165) is 0 Å². The van der Waals surface area contributed by atoms with E-state index in [-0.39, 0.29) is 51.4 Å². The summed E-state index contributed by atoms with van der Waals surface area (Å²) in [7, 11) is -7.52. The van der Waals surface area contributed by atoms with Gasteiger partial charge in [-0.15, -0.1) is 0 Å². The largest absolute Gasteiger partial charge is 1.00 e. The van der Waals surface area contributed by atoms with Gasteiger partial charge in [0.15, 0.2) is 10.1 Å². The monoisotopic (exact) mass is 416 g/mol. The van der Waals surface area contributed by atoms with Crippen molar-refractivity contribution >= 4 is 10.1 Å². The van der Waals surface area contributed by atoms with Crippen molar-refractivity contribution in [2.75, 3.05) is 0 Å². The van der Waals surface area contributed by atoms with Gasteiger partial charge in [-0.05, 0) is 0 Å². The number of hydrogen-bond acceptors (Lipinski definition) is 3. The van der Waals surface area contributed by atoms with Gasteiger partial charge in [0, 0.05) is 12.8 Å². The predicted molar refractivity (Wildman–Crippen MR) is 44.8 cm³/mol. The molecule has 134 valence electrons. The number of hydrogen-bond donors (Lipinski definition) is 0. The molecule has 0 bridgehead atoms. The molecule has 0 heterocycles. The molecule has 0 radical (unpaired) electrons. The first-order valence-electron chi connectivity index (χ1n) is 4.74. The van der Waals surface area contributed by atoms with Gasteiger partial charge < -0.3 is 4.55 Å². The quantitative estimate of drug-likeness (QED) is 0.358. The molecule has 0 saturated carbocycles. The van der Waals surface area contributed by atoms with E-state index < -0.39 is 52.2 Å². The van der Waals surface area contributed by atoms with Gasteiger partial charge in [0.1, 0.15) is 0 Å². The predicted octanol–water partition coefficient (Wildman–Crippen LogP) is 0.377. The Balaban J connectivity index is 0. The molecule has 0 unspecified atom stereocenters. The van der Waals surface area contributed by atoms with Gasteiger partial charge in [-0.25, -0.2) is 8.42 Å². The van der Waals surface area contributed by atoms with Crippen LogP contribution in [0.25, 0.3) is 0 Å². The van der Waals surface area contributed by atoms with Crippen molar-refractivity contribution in [2.24, 2.45) is 0 Å². The van der Waals surface area contributed by atoms with E-state index in [4.69, 9.17) is 0 Å². The molecule has 0 aliphatic rings. The molecular formula is C7H4F11KO3S. The van der Waals surface area contributed by atoms with Crippen molar-refractivity contribution < 1.29 is 113 Å². The van der Waals surface area contributed by atoms with Crippen LogP contribution in [0.15, 0.2) is 0 Å². The third kappa shape index (κ3) is 5.13. The van der Waals surface area contributed by atoms with Gasteiger partial charge in [0.05, 0.1) is 0 Å². The van der Waals surface area contributed by atoms with Crippen LogP contribution in [-0.2, 0) is 10.1 Å². The minimum atomic E-state index is -7.52. The molecule has 16 heteroatoms. The van der Waals surface area contributed by atoms with Crippen LogP contribution < -0.4 is 51.4 Å². The molecule has 0 spiro atoms. The van der Waals surface area contributed by atoms with Crippen molar-refractivity contribution in [1.29, 1.82) is 0 Å². The normalized spacial score (nSPS) is 15.3. The number of alkyl halides is 11. The van der Waals surface area contributed by atoms with Gasteiger partial charge in [0.25, 0.3) is 0 Å². The van der Waals surface area contributed by atoms with E-state index in [1.807, 2.05) is 0 Å². The maximum Gasteiger partial charge on any atom is 1.00 e. The topological polar surface area (TPSA) is 57.2 Å². The van der Waals surface area contributed by atoms with E-state index in [1.54, 1.807) is 0 Å². The summed E-state index contributed by atoms with van der Waals surface area (Å²) in [6.45, 7) is 0.